The summed E-state index contributed by atoms with van der Waals surface area (Å²) in [5.41, 5.74) is 0.596. The molecule has 8 nitrogen and oxygen atoms in total. The van der Waals surface area contributed by atoms with Crippen LogP contribution in [-0.4, -0.2) is 28.3 Å². The second-order valence-corrected chi connectivity index (χ2v) is 7.94. The molecule has 0 aliphatic heterocycles. The van der Waals surface area contributed by atoms with E-state index in [1.165, 1.54) is 12.1 Å². The van der Waals surface area contributed by atoms with Crippen molar-refractivity contribution in [2.45, 2.75) is 12.6 Å². The largest absolute Gasteiger partial charge is 0.454 e. The minimum atomic E-state index is -0.842. The maximum absolute atomic E-state index is 12.6. The van der Waals surface area contributed by atoms with Crippen molar-refractivity contribution in [1.29, 1.82) is 0 Å². The van der Waals surface area contributed by atoms with Crippen LogP contribution in [0, 0.1) is 0 Å². The van der Waals surface area contributed by atoms with Crippen molar-refractivity contribution in [2.24, 2.45) is 0 Å². The van der Waals surface area contributed by atoms with Crippen molar-refractivity contribution >= 4 is 34.2 Å². The molecule has 1 atom stereocenters. The summed E-state index contributed by atoms with van der Waals surface area (Å²) in [4.78, 5) is 49.6. The van der Waals surface area contributed by atoms with E-state index in [0.29, 0.717) is 5.02 Å². The summed E-state index contributed by atoms with van der Waals surface area (Å²) >= 11 is 5.98. The predicted molar refractivity (Wildman–Crippen MR) is 128 cm³/mol. The molecule has 34 heavy (non-hydrogen) atoms. The second kappa shape index (κ2) is 10.2. The van der Waals surface area contributed by atoms with E-state index < -0.39 is 42.2 Å². The lowest BCUT2D eigenvalue weighted by Crippen LogP contribution is -2.35. The Labute approximate surface area is 198 Å². The van der Waals surface area contributed by atoms with Gasteiger partial charge in [-0.2, -0.15) is 0 Å². The Hall–Kier alpha value is -4.17. The molecule has 1 unspecified atom stereocenters. The summed E-state index contributed by atoms with van der Waals surface area (Å²) in [6.07, 6.45) is 0. The summed E-state index contributed by atoms with van der Waals surface area (Å²) in [6, 6.07) is 22.2. The first-order valence-electron chi connectivity index (χ1n) is 10.4. The van der Waals surface area contributed by atoms with Gasteiger partial charge in [0.05, 0.1) is 16.8 Å². The van der Waals surface area contributed by atoms with Gasteiger partial charge in [-0.05, 0) is 35.4 Å². The highest BCUT2D eigenvalue weighted by Gasteiger charge is 2.18. The van der Waals surface area contributed by atoms with Crippen molar-refractivity contribution in [1.82, 2.24) is 15.1 Å². The molecule has 0 aliphatic carbocycles. The Morgan fingerprint density at radius 1 is 0.882 bits per heavy atom. The number of rotatable bonds is 7. The van der Waals surface area contributed by atoms with E-state index in [-0.39, 0.29) is 10.8 Å². The zero-order valence-corrected chi connectivity index (χ0v) is 18.6. The Morgan fingerprint density at radius 3 is 2.21 bits per heavy atom. The Morgan fingerprint density at radius 2 is 1.50 bits per heavy atom. The average Bonchev–Trinajstić information content (AvgIpc) is 2.85. The maximum Gasteiger partial charge on any atom is 0.328 e. The number of hydrogen-bond donors (Lipinski definition) is 2. The third-order valence-electron chi connectivity index (χ3n) is 5.18. The van der Waals surface area contributed by atoms with Crippen LogP contribution in [0.3, 0.4) is 0 Å². The van der Waals surface area contributed by atoms with Crippen LogP contribution in [0.15, 0.2) is 88.5 Å². The second-order valence-electron chi connectivity index (χ2n) is 7.50. The zero-order chi connectivity index (χ0) is 24.1. The van der Waals surface area contributed by atoms with Crippen molar-refractivity contribution in [3.05, 3.63) is 116 Å². The first kappa shape index (κ1) is 23.0. The van der Waals surface area contributed by atoms with Gasteiger partial charge in [0.1, 0.15) is 6.54 Å². The third kappa shape index (κ3) is 5.24. The van der Waals surface area contributed by atoms with Gasteiger partial charge >= 0.3 is 5.97 Å². The highest BCUT2D eigenvalue weighted by molar-refractivity contribution is 6.30. The van der Waals surface area contributed by atoms with Crippen LogP contribution < -0.4 is 16.4 Å². The standard InChI is InChI=1S/C25H20ClN3O5/c26-18-12-10-17(11-13-18)23(16-6-2-1-3-7-16)27-21(30)15-34-22(31)14-29-25(33)20-9-5-4-8-19(20)24(32)28-29/h1-13,23H,14-15H2,(H,27,30)(H,28,32). The van der Waals surface area contributed by atoms with Crippen LogP contribution in [0.1, 0.15) is 17.2 Å². The molecule has 1 heterocycles. The molecule has 0 aliphatic rings. The molecule has 9 heteroatoms. The van der Waals surface area contributed by atoms with Gasteiger partial charge in [0.25, 0.3) is 17.0 Å². The SMILES string of the molecule is O=C(COC(=O)Cn1[nH]c(=O)c2ccccc2c1=O)NC(c1ccccc1)c1ccc(Cl)cc1. The van der Waals surface area contributed by atoms with E-state index in [1.54, 1.807) is 36.4 Å². The highest BCUT2D eigenvalue weighted by Crippen LogP contribution is 2.23. The molecule has 0 bridgehead atoms. The zero-order valence-electron chi connectivity index (χ0n) is 17.9. The number of benzene rings is 3. The number of carbonyl (C=O) groups is 2. The Bertz CT molecular complexity index is 1450. The third-order valence-corrected chi connectivity index (χ3v) is 5.43. The van der Waals surface area contributed by atoms with Crippen LogP contribution in [0.25, 0.3) is 10.8 Å². The number of nitrogens with one attached hydrogen (secondary N) is 2. The minimum absolute atomic E-state index is 0.186. The van der Waals surface area contributed by atoms with E-state index in [9.17, 15) is 19.2 Å². The van der Waals surface area contributed by atoms with Gasteiger partial charge in [-0.15, -0.1) is 0 Å². The lowest BCUT2D eigenvalue weighted by Gasteiger charge is -2.20. The summed E-state index contributed by atoms with van der Waals surface area (Å²) < 4.78 is 5.92. The number of amides is 1. The molecule has 4 rings (SSSR count). The van der Waals surface area contributed by atoms with Crippen molar-refractivity contribution in [3.63, 3.8) is 0 Å². The molecular formula is C25H20ClN3O5. The number of H-pyrrole nitrogens is 1. The van der Waals surface area contributed by atoms with Crippen LogP contribution in [0.5, 0.6) is 0 Å². The molecule has 0 saturated carbocycles. The number of carbonyl (C=O) groups excluding carboxylic acids is 2. The first-order valence-corrected chi connectivity index (χ1v) is 10.8. The molecule has 4 aromatic rings. The molecule has 0 saturated heterocycles. The smallest absolute Gasteiger partial charge is 0.328 e. The number of fused-ring (bicyclic) bond motifs is 1. The number of nitrogens with zero attached hydrogens (tertiary/aromatic N) is 1. The molecule has 0 radical (unpaired) electrons. The highest BCUT2D eigenvalue weighted by atomic mass is 35.5. The topological polar surface area (TPSA) is 110 Å². The van der Waals surface area contributed by atoms with Gasteiger partial charge in [-0.3, -0.25) is 24.3 Å². The minimum Gasteiger partial charge on any atom is -0.454 e. The molecule has 0 spiro atoms. The van der Waals surface area contributed by atoms with Gasteiger partial charge in [0.2, 0.25) is 0 Å². The normalized spacial score (nSPS) is 11.7. The number of aromatic amines is 1. The van der Waals surface area contributed by atoms with Crippen LogP contribution in [-0.2, 0) is 20.9 Å². The summed E-state index contributed by atoms with van der Waals surface area (Å²) in [7, 11) is 0. The fourth-order valence-corrected chi connectivity index (χ4v) is 3.67. The Kier molecular flexibility index (Phi) is 6.89. The van der Waals surface area contributed by atoms with E-state index in [2.05, 4.69) is 10.4 Å². The molecule has 1 amide bonds. The molecule has 0 fully saturated rings. The number of aromatic nitrogens is 2. The van der Waals surface area contributed by atoms with E-state index in [0.717, 1.165) is 15.8 Å². The number of esters is 1. The predicted octanol–water partition coefficient (Wildman–Crippen LogP) is 2.79. The monoisotopic (exact) mass is 477 g/mol. The van der Waals surface area contributed by atoms with Crippen LogP contribution in [0.4, 0.5) is 0 Å². The Balaban J connectivity index is 1.43. The van der Waals surface area contributed by atoms with Crippen LogP contribution >= 0.6 is 11.6 Å². The quantitative estimate of drug-likeness (QED) is 0.398. The number of hydrogen-bond acceptors (Lipinski definition) is 5. The van der Waals surface area contributed by atoms with Gasteiger partial charge in [0.15, 0.2) is 6.61 Å². The molecule has 1 aromatic heterocycles. The van der Waals surface area contributed by atoms with Crippen molar-refractivity contribution in [2.75, 3.05) is 6.61 Å². The number of halogens is 1. The van der Waals surface area contributed by atoms with Gasteiger partial charge in [0, 0.05) is 5.02 Å². The van der Waals surface area contributed by atoms with Gasteiger partial charge < -0.3 is 10.1 Å². The lowest BCUT2D eigenvalue weighted by atomic mass is 9.99. The molecular weight excluding hydrogens is 458 g/mol. The van der Waals surface area contributed by atoms with Crippen molar-refractivity contribution < 1.29 is 14.3 Å². The molecule has 2 N–H and O–H groups in total. The van der Waals surface area contributed by atoms with E-state index >= 15 is 0 Å². The summed E-state index contributed by atoms with van der Waals surface area (Å²) in [5, 5.41) is 6.18. The summed E-state index contributed by atoms with van der Waals surface area (Å²) in [6.45, 7) is -1.09. The average molecular weight is 478 g/mol. The van der Waals surface area contributed by atoms with Crippen LogP contribution in [0.2, 0.25) is 5.02 Å². The fourth-order valence-electron chi connectivity index (χ4n) is 3.54. The van der Waals surface area contributed by atoms with E-state index in [1.807, 2.05) is 30.3 Å². The van der Waals surface area contributed by atoms with Gasteiger partial charge in [-0.1, -0.05) is 66.2 Å². The van der Waals surface area contributed by atoms with Gasteiger partial charge in [-0.25, -0.2) is 4.68 Å². The molecule has 172 valence electrons. The molecule has 3 aromatic carbocycles. The fraction of sp³-hybridized carbons (Fsp3) is 0.120. The maximum atomic E-state index is 12.6. The van der Waals surface area contributed by atoms with Crippen molar-refractivity contribution in [3.8, 4) is 0 Å². The number of ether oxygens (including phenoxy) is 1. The summed E-state index contributed by atoms with van der Waals surface area (Å²) in [5.74, 6) is -1.37. The van der Waals surface area contributed by atoms with E-state index in [4.69, 9.17) is 16.3 Å². The lowest BCUT2D eigenvalue weighted by molar-refractivity contribution is -0.149. The first-order chi connectivity index (χ1) is 16.4.